The van der Waals surface area contributed by atoms with Crippen LogP contribution in [0.5, 0.6) is 0 Å². The number of fused-ring (bicyclic) bond motifs is 5. The van der Waals surface area contributed by atoms with Gasteiger partial charge >= 0.3 is 0 Å². The largest absolute Gasteiger partial charge is 0.459 e. The van der Waals surface area contributed by atoms with E-state index in [1.807, 2.05) is 26.8 Å². The summed E-state index contributed by atoms with van der Waals surface area (Å²) in [4.78, 5) is 43.0. The number of Topliss-reactive ketones (excluding diaryl/α,β-unsaturated/α-hetero) is 3. The van der Waals surface area contributed by atoms with Gasteiger partial charge in [-0.25, -0.2) is 0 Å². The van der Waals surface area contributed by atoms with Gasteiger partial charge in [0.05, 0.1) is 30.3 Å². The Morgan fingerprint density at radius 3 is 1.98 bits per heavy atom. The average molecular weight is 841 g/mol. The molecule has 0 aromatic heterocycles. The number of carbonyl (C=O) groups is 3. The molecular formula is C42H64O17. The highest BCUT2D eigenvalue weighted by molar-refractivity contribution is 6.02. The van der Waals surface area contributed by atoms with E-state index in [1.54, 1.807) is 27.7 Å². The van der Waals surface area contributed by atoms with Crippen molar-refractivity contribution in [3.05, 3.63) is 23.5 Å². The first-order chi connectivity index (χ1) is 27.1. The standard InChI is InChI=1S/C42H64O17/c1-37(2,54)12-11-25(46)42(8,55)33-20(45)14-39(5)24-10-9-18-19(41(24,7)26(47)15-40(33,39)6)13-21(34(53)38(18,3)4)56-36-32(30(51)28(49)23(17-44)58-36)59-35-31(52)29(50)27(48)22(16-43)57-35/h9,13,19-20,22-24,27-33,35-36,43-45,48-52,54-55H,10-12,14-17H2,1-8H3/t19-,20-,22-,23-,24+,27-,28-,29+,30+,31-,32-,33+,35-,36-,39+,40-,41+,42+/m1/s1. The van der Waals surface area contributed by atoms with Crippen LogP contribution in [0.4, 0.5) is 0 Å². The number of ether oxygens (including phenoxy) is 4. The van der Waals surface area contributed by atoms with Crippen LogP contribution < -0.4 is 0 Å². The molecule has 0 aromatic carbocycles. The van der Waals surface area contributed by atoms with Crippen LogP contribution in [0.25, 0.3) is 0 Å². The van der Waals surface area contributed by atoms with Crippen LogP contribution in [0.3, 0.4) is 0 Å². The van der Waals surface area contributed by atoms with Crippen LogP contribution in [-0.4, -0.2) is 160 Å². The topological polar surface area (TPSA) is 290 Å². The van der Waals surface area contributed by atoms with Crippen molar-refractivity contribution in [2.75, 3.05) is 13.2 Å². The molecule has 17 nitrogen and oxygen atoms in total. The van der Waals surface area contributed by atoms with E-state index in [0.29, 0.717) is 12.0 Å². The lowest BCUT2D eigenvalue weighted by Crippen LogP contribution is -2.65. The van der Waals surface area contributed by atoms with E-state index in [9.17, 15) is 65.4 Å². The Hall–Kier alpha value is -2.23. The summed E-state index contributed by atoms with van der Waals surface area (Å²) in [5, 5.41) is 107. The van der Waals surface area contributed by atoms with Crippen molar-refractivity contribution in [3.63, 3.8) is 0 Å². The van der Waals surface area contributed by atoms with Crippen LogP contribution in [-0.2, 0) is 33.3 Å². The first-order valence-corrected chi connectivity index (χ1v) is 20.5. The Kier molecular flexibility index (Phi) is 12.2. The molecule has 0 amide bonds. The summed E-state index contributed by atoms with van der Waals surface area (Å²) in [5.74, 6) is -3.83. The minimum atomic E-state index is -2.03. The highest BCUT2D eigenvalue weighted by atomic mass is 16.8. The van der Waals surface area contributed by atoms with Gasteiger partial charge in [0.2, 0.25) is 12.1 Å². The third kappa shape index (κ3) is 7.19. The summed E-state index contributed by atoms with van der Waals surface area (Å²) >= 11 is 0. The maximum Gasteiger partial charge on any atom is 0.229 e. The highest BCUT2D eigenvalue weighted by Crippen LogP contribution is 2.74. The molecule has 0 unspecified atom stereocenters. The molecule has 59 heavy (non-hydrogen) atoms. The van der Waals surface area contributed by atoms with Crippen molar-refractivity contribution < 1.29 is 84.4 Å². The van der Waals surface area contributed by atoms with Gasteiger partial charge in [0.15, 0.2) is 23.9 Å². The predicted molar refractivity (Wildman–Crippen MR) is 203 cm³/mol. The zero-order valence-electron chi connectivity index (χ0n) is 35.0. The van der Waals surface area contributed by atoms with E-state index in [4.69, 9.17) is 18.9 Å². The molecule has 0 aromatic rings. The normalized spacial score (nSPS) is 46.9. The molecule has 2 saturated carbocycles. The first kappa shape index (κ1) is 46.3. The van der Waals surface area contributed by atoms with Crippen LogP contribution in [0.1, 0.15) is 87.5 Å². The van der Waals surface area contributed by atoms with E-state index in [2.05, 4.69) is 0 Å². The molecule has 2 heterocycles. The molecule has 0 spiro atoms. The number of hydrogen-bond donors (Lipinski definition) is 10. The van der Waals surface area contributed by atoms with Gasteiger partial charge in [-0.1, -0.05) is 32.4 Å². The average Bonchev–Trinajstić information content (AvgIpc) is 3.36. The molecule has 334 valence electrons. The van der Waals surface area contributed by atoms with Gasteiger partial charge in [0, 0.05) is 30.1 Å². The smallest absolute Gasteiger partial charge is 0.229 e. The number of hydrogen-bond acceptors (Lipinski definition) is 17. The lowest BCUT2D eigenvalue weighted by atomic mass is 9.39. The van der Waals surface area contributed by atoms with Gasteiger partial charge < -0.3 is 70.0 Å². The summed E-state index contributed by atoms with van der Waals surface area (Å²) < 4.78 is 23.4. The van der Waals surface area contributed by atoms with Gasteiger partial charge in [0.25, 0.3) is 0 Å². The van der Waals surface area contributed by atoms with Crippen molar-refractivity contribution in [3.8, 4) is 0 Å². The molecule has 18 atom stereocenters. The predicted octanol–water partition coefficient (Wildman–Crippen LogP) is -1.07. The van der Waals surface area contributed by atoms with Gasteiger partial charge in [-0.3, -0.25) is 14.4 Å². The Morgan fingerprint density at radius 2 is 1.41 bits per heavy atom. The summed E-state index contributed by atoms with van der Waals surface area (Å²) in [7, 11) is 0. The third-order valence-electron chi connectivity index (χ3n) is 15.4. The number of rotatable bonds is 11. The van der Waals surface area contributed by atoms with E-state index in [1.165, 1.54) is 13.0 Å². The summed E-state index contributed by atoms with van der Waals surface area (Å²) in [6, 6.07) is 0. The SMILES string of the molecule is CC(C)(O)CCC(=O)[C@](C)(O)[C@H]1[C@H](O)C[C@@]2(C)[C@@H]3CC=C4[C@@H](C=C(O[C@@H]5O[C@H](CO)[C@@H](O)[C@H](O)[C@H]5O[C@H]5O[C@H](CO)[C@@H](O)[C@H](O)[C@H]5O)C(=O)C4(C)C)[C@]3(C)C(=O)C[C@]12C. The highest BCUT2D eigenvalue weighted by Gasteiger charge is 2.74. The molecule has 0 radical (unpaired) electrons. The molecule has 17 heteroatoms. The maximum absolute atomic E-state index is 15.0. The monoisotopic (exact) mass is 840 g/mol. The number of aliphatic hydroxyl groups excluding tert-OH is 8. The van der Waals surface area contributed by atoms with Crippen molar-refractivity contribution in [2.45, 2.75) is 166 Å². The lowest BCUT2D eigenvalue weighted by Gasteiger charge is -2.63. The summed E-state index contributed by atoms with van der Waals surface area (Å²) in [6.07, 6.45) is -14.7. The Bertz CT molecular complexity index is 1720. The Labute approximate surface area is 343 Å². The van der Waals surface area contributed by atoms with E-state index in [-0.39, 0.29) is 37.2 Å². The molecule has 4 fully saturated rings. The van der Waals surface area contributed by atoms with Crippen LogP contribution >= 0.6 is 0 Å². The zero-order chi connectivity index (χ0) is 44.2. The number of ketones is 3. The van der Waals surface area contributed by atoms with Crippen molar-refractivity contribution in [1.29, 1.82) is 0 Å². The second-order valence-electron chi connectivity index (χ2n) is 19.9. The van der Waals surface area contributed by atoms with Crippen molar-refractivity contribution in [1.82, 2.24) is 0 Å². The van der Waals surface area contributed by atoms with E-state index < -0.39 is 143 Å². The third-order valence-corrected chi connectivity index (χ3v) is 15.4. The maximum atomic E-state index is 15.0. The summed E-state index contributed by atoms with van der Waals surface area (Å²) in [5.41, 5.74) is -6.90. The van der Waals surface area contributed by atoms with Crippen molar-refractivity contribution >= 4 is 17.3 Å². The first-order valence-electron chi connectivity index (χ1n) is 20.5. The van der Waals surface area contributed by atoms with Gasteiger partial charge in [-0.15, -0.1) is 0 Å². The lowest BCUT2D eigenvalue weighted by molar-refractivity contribution is -0.363. The Balaban J connectivity index is 1.36. The van der Waals surface area contributed by atoms with Gasteiger partial charge in [-0.05, 0) is 76.7 Å². The van der Waals surface area contributed by atoms with Crippen molar-refractivity contribution in [2.24, 2.45) is 39.4 Å². The second-order valence-corrected chi connectivity index (χ2v) is 19.9. The fourth-order valence-corrected chi connectivity index (χ4v) is 11.6. The molecule has 4 aliphatic carbocycles. The number of carbonyl (C=O) groups excluding carboxylic acids is 3. The number of allylic oxidation sites excluding steroid dienone is 4. The summed E-state index contributed by atoms with van der Waals surface area (Å²) in [6.45, 7) is 11.9. The minimum Gasteiger partial charge on any atom is -0.459 e. The van der Waals surface area contributed by atoms with E-state index in [0.717, 1.165) is 0 Å². The van der Waals surface area contributed by atoms with E-state index >= 15 is 0 Å². The second kappa shape index (κ2) is 15.5. The molecule has 10 N–H and O–H groups in total. The molecule has 6 rings (SSSR count). The fourth-order valence-electron chi connectivity index (χ4n) is 11.6. The Morgan fingerprint density at radius 1 is 0.831 bits per heavy atom. The molecule has 2 saturated heterocycles. The molecular weight excluding hydrogens is 776 g/mol. The van der Waals surface area contributed by atoms with Crippen LogP contribution in [0.15, 0.2) is 23.5 Å². The van der Waals surface area contributed by atoms with Crippen LogP contribution in [0.2, 0.25) is 0 Å². The quantitative estimate of drug-likeness (QED) is 0.111. The molecule has 6 aliphatic rings. The van der Waals surface area contributed by atoms with Gasteiger partial charge in [-0.2, -0.15) is 0 Å². The van der Waals surface area contributed by atoms with Gasteiger partial charge in [0.1, 0.15) is 54.1 Å². The minimum absolute atomic E-state index is 0.0889. The van der Waals surface area contributed by atoms with Crippen LogP contribution in [0, 0.1) is 39.4 Å². The molecule has 2 aliphatic heterocycles. The zero-order valence-corrected chi connectivity index (χ0v) is 35.0. The number of aliphatic hydroxyl groups is 10. The fraction of sp³-hybridized carbons (Fsp3) is 0.833. The molecule has 0 bridgehead atoms.